The molecule has 0 saturated heterocycles. The van der Waals surface area contributed by atoms with Crippen LogP contribution >= 0.6 is 0 Å². The third-order valence-electron chi connectivity index (χ3n) is 3.48. The topological polar surface area (TPSA) is 99.7 Å². The van der Waals surface area contributed by atoms with Crippen molar-refractivity contribution in [2.75, 3.05) is 23.7 Å². The summed E-state index contributed by atoms with van der Waals surface area (Å²) in [6.45, 7) is 0. The molecule has 0 aliphatic carbocycles. The summed E-state index contributed by atoms with van der Waals surface area (Å²) in [5, 5.41) is 0. The normalized spacial score (nSPS) is 14.2. The number of nitrogens with one attached hydrogen (secondary N) is 1. The number of imide groups is 1. The maximum absolute atomic E-state index is 12.4. The highest BCUT2D eigenvalue weighted by atomic mass is 32.2. The van der Waals surface area contributed by atoms with Crippen molar-refractivity contribution in [3.05, 3.63) is 53.9 Å². The van der Waals surface area contributed by atoms with Gasteiger partial charge >= 0.3 is 10.2 Å². The van der Waals surface area contributed by atoms with Crippen molar-refractivity contribution in [3.8, 4) is 0 Å². The summed E-state index contributed by atoms with van der Waals surface area (Å²) in [5.74, 6) is -1.03. The average molecular weight is 346 g/mol. The Morgan fingerprint density at radius 1 is 1.08 bits per heavy atom. The Kier molecular flexibility index (Phi) is 3.82. The molecule has 0 saturated carbocycles. The highest BCUT2D eigenvalue weighted by Crippen LogP contribution is 2.29. The third kappa shape index (κ3) is 2.63. The molecule has 1 aliphatic rings. The second-order valence-corrected chi connectivity index (χ2v) is 7.17. The molecule has 2 aromatic rings. The molecule has 124 valence electrons. The maximum atomic E-state index is 12.4. The standard InChI is InChI=1S/C15H14N4O4S/c1-18(2)24(22,23)17-10-5-3-6-11(9-10)19-14(20)12-7-4-8-16-13(12)15(19)21/h3-9,17H,1-2H3. The molecule has 0 unspecified atom stereocenters. The van der Waals surface area contributed by atoms with Crippen molar-refractivity contribution in [1.29, 1.82) is 0 Å². The monoisotopic (exact) mass is 346 g/mol. The number of carbonyl (C=O) groups is 2. The van der Waals surface area contributed by atoms with E-state index in [-0.39, 0.29) is 22.6 Å². The fraction of sp³-hybridized carbons (Fsp3) is 0.133. The SMILES string of the molecule is CN(C)S(=O)(=O)Nc1cccc(N2C(=O)c3cccnc3C2=O)c1. The van der Waals surface area contributed by atoms with Crippen LogP contribution in [0.15, 0.2) is 42.6 Å². The van der Waals surface area contributed by atoms with E-state index < -0.39 is 22.0 Å². The van der Waals surface area contributed by atoms with Crippen LogP contribution < -0.4 is 9.62 Å². The molecule has 1 aromatic heterocycles. The van der Waals surface area contributed by atoms with Crippen molar-refractivity contribution in [2.45, 2.75) is 0 Å². The zero-order chi connectivity index (χ0) is 17.5. The minimum atomic E-state index is -3.69. The lowest BCUT2D eigenvalue weighted by molar-refractivity contribution is 0.0924. The van der Waals surface area contributed by atoms with Gasteiger partial charge in [-0.3, -0.25) is 19.3 Å². The van der Waals surface area contributed by atoms with E-state index in [1.807, 2.05) is 0 Å². The Hall–Kier alpha value is -2.78. The third-order valence-corrected chi connectivity index (χ3v) is 4.93. The van der Waals surface area contributed by atoms with Crippen molar-refractivity contribution in [2.24, 2.45) is 0 Å². The van der Waals surface area contributed by atoms with Crippen molar-refractivity contribution < 1.29 is 18.0 Å². The number of carbonyl (C=O) groups excluding carboxylic acids is 2. The molecule has 0 spiro atoms. The smallest absolute Gasteiger partial charge is 0.271 e. The van der Waals surface area contributed by atoms with Crippen LogP contribution in [0.4, 0.5) is 11.4 Å². The Morgan fingerprint density at radius 3 is 2.50 bits per heavy atom. The van der Waals surface area contributed by atoms with Gasteiger partial charge in [-0.1, -0.05) is 6.07 Å². The van der Waals surface area contributed by atoms with Gasteiger partial charge < -0.3 is 0 Å². The summed E-state index contributed by atoms with van der Waals surface area (Å²) in [7, 11) is -0.908. The van der Waals surface area contributed by atoms with Crippen LogP contribution in [0, 0.1) is 0 Å². The van der Waals surface area contributed by atoms with Crippen LogP contribution in [0.2, 0.25) is 0 Å². The van der Waals surface area contributed by atoms with Crippen LogP contribution in [0.3, 0.4) is 0 Å². The molecule has 0 atom stereocenters. The van der Waals surface area contributed by atoms with Crippen molar-refractivity contribution >= 4 is 33.4 Å². The number of hydrogen-bond donors (Lipinski definition) is 1. The quantitative estimate of drug-likeness (QED) is 0.836. The number of fused-ring (bicyclic) bond motifs is 1. The van der Waals surface area contributed by atoms with Gasteiger partial charge in [0.2, 0.25) is 0 Å². The van der Waals surface area contributed by atoms with E-state index in [9.17, 15) is 18.0 Å². The molecule has 0 fully saturated rings. The zero-order valence-electron chi connectivity index (χ0n) is 12.9. The molecule has 2 heterocycles. The maximum Gasteiger partial charge on any atom is 0.301 e. The predicted octanol–water partition coefficient (Wildman–Crippen LogP) is 1.10. The van der Waals surface area contributed by atoms with Crippen LogP contribution in [-0.4, -0.2) is 43.6 Å². The molecule has 3 rings (SSSR count). The van der Waals surface area contributed by atoms with Gasteiger partial charge in [0.25, 0.3) is 11.8 Å². The van der Waals surface area contributed by atoms with Gasteiger partial charge in [0.05, 0.1) is 16.9 Å². The molecular formula is C15H14N4O4S. The molecule has 2 amide bonds. The average Bonchev–Trinajstić information content (AvgIpc) is 2.79. The van der Waals surface area contributed by atoms with E-state index in [1.165, 1.54) is 38.5 Å². The summed E-state index contributed by atoms with van der Waals surface area (Å²) < 4.78 is 27.2. The number of anilines is 2. The molecule has 1 aromatic carbocycles. The second kappa shape index (κ2) is 5.69. The number of nitrogens with zero attached hydrogens (tertiary/aromatic N) is 3. The summed E-state index contributed by atoms with van der Waals surface area (Å²) in [6, 6.07) is 9.16. The molecule has 1 N–H and O–H groups in total. The van der Waals surface area contributed by atoms with Gasteiger partial charge in [-0.15, -0.1) is 0 Å². The zero-order valence-corrected chi connectivity index (χ0v) is 13.7. The molecule has 0 radical (unpaired) electrons. The van der Waals surface area contributed by atoms with Gasteiger partial charge in [-0.2, -0.15) is 12.7 Å². The first kappa shape index (κ1) is 16.1. The van der Waals surface area contributed by atoms with Crippen LogP contribution in [0.1, 0.15) is 20.8 Å². The lowest BCUT2D eigenvalue weighted by atomic mass is 10.2. The molecule has 8 nitrogen and oxygen atoms in total. The van der Waals surface area contributed by atoms with Gasteiger partial charge in [-0.05, 0) is 30.3 Å². The second-order valence-electron chi connectivity index (χ2n) is 5.29. The molecule has 9 heteroatoms. The Labute approximate surface area is 138 Å². The number of aromatic nitrogens is 1. The van der Waals surface area contributed by atoms with Gasteiger partial charge in [0, 0.05) is 20.3 Å². The van der Waals surface area contributed by atoms with Crippen LogP contribution in [-0.2, 0) is 10.2 Å². The van der Waals surface area contributed by atoms with E-state index in [1.54, 1.807) is 18.2 Å². The summed E-state index contributed by atoms with van der Waals surface area (Å²) in [4.78, 5) is 29.8. The molecule has 0 bridgehead atoms. The van der Waals surface area contributed by atoms with Gasteiger partial charge in [-0.25, -0.2) is 4.90 Å². The molecule has 24 heavy (non-hydrogen) atoms. The summed E-state index contributed by atoms with van der Waals surface area (Å²) in [6.07, 6.45) is 1.44. The largest absolute Gasteiger partial charge is 0.301 e. The van der Waals surface area contributed by atoms with E-state index in [2.05, 4.69) is 9.71 Å². The Balaban J connectivity index is 1.96. The first-order valence-electron chi connectivity index (χ1n) is 6.95. The van der Waals surface area contributed by atoms with Gasteiger partial charge in [0.15, 0.2) is 0 Å². The van der Waals surface area contributed by atoms with Crippen molar-refractivity contribution in [3.63, 3.8) is 0 Å². The number of benzene rings is 1. The van der Waals surface area contributed by atoms with Crippen LogP contribution in [0.25, 0.3) is 0 Å². The lowest BCUT2D eigenvalue weighted by Crippen LogP contribution is -2.30. The summed E-state index contributed by atoms with van der Waals surface area (Å²) >= 11 is 0. The van der Waals surface area contributed by atoms with E-state index in [0.29, 0.717) is 0 Å². The summed E-state index contributed by atoms with van der Waals surface area (Å²) in [5.41, 5.74) is 0.816. The fourth-order valence-corrected chi connectivity index (χ4v) is 2.86. The number of rotatable bonds is 4. The van der Waals surface area contributed by atoms with Crippen molar-refractivity contribution in [1.82, 2.24) is 9.29 Å². The highest BCUT2D eigenvalue weighted by molar-refractivity contribution is 7.90. The molecular weight excluding hydrogens is 332 g/mol. The highest BCUT2D eigenvalue weighted by Gasteiger charge is 2.37. The lowest BCUT2D eigenvalue weighted by Gasteiger charge is -2.17. The Bertz CT molecular complexity index is 905. The Morgan fingerprint density at radius 2 is 1.83 bits per heavy atom. The number of amides is 2. The van der Waals surface area contributed by atoms with Gasteiger partial charge in [0.1, 0.15) is 5.69 Å². The first-order chi connectivity index (χ1) is 11.3. The minimum absolute atomic E-state index is 0.0850. The van der Waals surface area contributed by atoms with Crippen LogP contribution in [0.5, 0.6) is 0 Å². The predicted molar refractivity (Wildman–Crippen MR) is 88.0 cm³/mol. The van der Waals surface area contributed by atoms with E-state index in [4.69, 9.17) is 0 Å². The van der Waals surface area contributed by atoms with E-state index >= 15 is 0 Å². The first-order valence-corrected chi connectivity index (χ1v) is 8.39. The number of hydrogen-bond acceptors (Lipinski definition) is 5. The number of pyridine rings is 1. The minimum Gasteiger partial charge on any atom is -0.271 e. The fourth-order valence-electron chi connectivity index (χ4n) is 2.25. The molecule has 1 aliphatic heterocycles. The van der Waals surface area contributed by atoms with E-state index in [0.717, 1.165) is 9.21 Å².